The first-order valence-electron chi connectivity index (χ1n) is 7.82. The third-order valence-corrected chi connectivity index (χ3v) is 3.79. The fourth-order valence-electron chi connectivity index (χ4n) is 2.72. The lowest BCUT2D eigenvalue weighted by atomic mass is 10.1. The SMILES string of the molecule is Cc1cc(F)ccc1N1CCN(C(=O)OC(C)(C)C)CC1C(=O)O. The molecule has 0 saturated carbocycles. The highest BCUT2D eigenvalue weighted by molar-refractivity contribution is 5.81. The minimum atomic E-state index is -1.04. The zero-order valence-corrected chi connectivity index (χ0v) is 14.4. The van der Waals surface area contributed by atoms with Gasteiger partial charge in [0.05, 0.1) is 6.54 Å². The molecule has 1 unspecified atom stereocenters. The number of halogens is 1. The van der Waals surface area contributed by atoms with Gasteiger partial charge in [0.2, 0.25) is 0 Å². The van der Waals surface area contributed by atoms with E-state index in [0.717, 1.165) is 0 Å². The number of ether oxygens (including phenoxy) is 1. The molecule has 1 fully saturated rings. The number of anilines is 1. The van der Waals surface area contributed by atoms with E-state index in [1.807, 2.05) is 0 Å². The third kappa shape index (κ3) is 4.15. The predicted octanol–water partition coefficient (Wildman–Crippen LogP) is 2.64. The number of carboxylic acid groups (broad SMARTS) is 1. The summed E-state index contributed by atoms with van der Waals surface area (Å²) in [5.41, 5.74) is 0.681. The lowest BCUT2D eigenvalue weighted by Crippen LogP contribution is -2.58. The molecule has 6 nitrogen and oxygen atoms in total. The summed E-state index contributed by atoms with van der Waals surface area (Å²) < 4.78 is 18.6. The molecule has 0 spiro atoms. The lowest BCUT2D eigenvalue weighted by Gasteiger charge is -2.41. The van der Waals surface area contributed by atoms with Crippen molar-refractivity contribution in [2.45, 2.75) is 39.3 Å². The van der Waals surface area contributed by atoms with Crippen LogP contribution in [0.3, 0.4) is 0 Å². The van der Waals surface area contributed by atoms with Crippen molar-refractivity contribution < 1.29 is 23.8 Å². The Labute approximate surface area is 140 Å². The maximum absolute atomic E-state index is 13.3. The number of aliphatic carboxylic acids is 1. The number of hydrogen-bond acceptors (Lipinski definition) is 4. The van der Waals surface area contributed by atoms with Crippen molar-refractivity contribution in [2.24, 2.45) is 0 Å². The van der Waals surface area contributed by atoms with Crippen molar-refractivity contribution in [2.75, 3.05) is 24.5 Å². The number of amides is 1. The van der Waals surface area contributed by atoms with Crippen molar-refractivity contribution in [3.8, 4) is 0 Å². The molecule has 132 valence electrons. The van der Waals surface area contributed by atoms with Gasteiger partial charge in [-0.15, -0.1) is 0 Å². The summed E-state index contributed by atoms with van der Waals surface area (Å²) >= 11 is 0. The molecule has 1 N–H and O–H groups in total. The van der Waals surface area contributed by atoms with Crippen LogP contribution >= 0.6 is 0 Å². The summed E-state index contributed by atoms with van der Waals surface area (Å²) in [5.74, 6) is -1.40. The van der Waals surface area contributed by atoms with Gasteiger partial charge >= 0.3 is 12.1 Å². The van der Waals surface area contributed by atoms with Crippen LogP contribution in [0, 0.1) is 12.7 Å². The zero-order valence-electron chi connectivity index (χ0n) is 14.4. The average molecular weight is 338 g/mol. The van der Waals surface area contributed by atoms with Gasteiger partial charge in [-0.3, -0.25) is 0 Å². The number of carbonyl (C=O) groups excluding carboxylic acids is 1. The van der Waals surface area contributed by atoms with Crippen molar-refractivity contribution in [1.29, 1.82) is 0 Å². The number of carbonyl (C=O) groups is 2. The predicted molar refractivity (Wildman–Crippen MR) is 87.7 cm³/mol. The standard InChI is InChI=1S/C17H23FN2O4/c1-11-9-12(18)5-6-13(11)20-8-7-19(10-14(20)15(21)22)16(23)24-17(2,3)4/h5-6,9,14H,7-8,10H2,1-4H3,(H,21,22). The Morgan fingerprint density at radius 3 is 2.50 bits per heavy atom. The van der Waals surface area contributed by atoms with Crippen LogP contribution in [0.1, 0.15) is 26.3 Å². The molecule has 1 atom stereocenters. The quantitative estimate of drug-likeness (QED) is 0.898. The Balaban J connectivity index is 2.20. The fraction of sp³-hybridized carbons (Fsp3) is 0.529. The number of piperazine rings is 1. The highest BCUT2D eigenvalue weighted by atomic mass is 19.1. The van der Waals surface area contributed by atoms with Gasteiger partial charge in [0.15, 0.2) is 0 Å². The van der Waals surface area contributed by atoms with Crippen molar-refractivity contribution in [3.63, 3.8) is 0 Å². The van der Waals surface area contributed by atoms with Gasteiger partial charge in [0.25, 0.3) is 0 Å². The van der Waals surface area contributed by atoms with Crippen LogP contribution in [0.15, 0.2) is 18.2 Å². The van der Waals surface area contributed by atoms with Crippen molar-refractivity contribution in [1.82, 2.24) is 4.90 Å². The topological polar surface area (TPSA) is 70.1 Å². The minimum Gasteiger partial charge on any atom is -0.480 e. The summed E-state index contributed by atoms with van der Waals surface area (Å²) in [6.45, 7) is 7.71. The second-order valence-electron chi connectivity index (χ2n) is 6.90. The number of aryl methyl sites for hydroxylation is 1. The van der Waals surface area contributed by atoms with Gasteiger partial charge in [0.1, 0.15) is 17.5 Å². The van der Waals surface area contributed by atoms with E-state index in [9.17, 15) is 19.1 Å². The number of benzene rings is 1. The molecule has 0 aliphatic carbocycles. The molecule has 2 rings (SSSR count). The molecule has 1 heterocycles. The maximum Gasteiger partial charge on any atom is 0.410 e. The molecule has 0 radical (unpaired) electrons. The van der Waals surface area contributed by atoms with Crippen molar-refractivity contribution in [3.05, 3.63) is 29.6 Å². The Kier molecular flexibility index (Phi) is 5.01. The Bertz CT molecular complexity index is 642. The summed E-state index contributed by atoms with van der Waals surface area (Å²) in [5, 5.41) is 9.55. The Morgan fingerprint density at radius 1 is 1.29 bits per heavy atom. The Hall–Kier alpha value is -2.31. The van der Waals surface area contributed by atoms with Crippen molar-refractivity contribution >= 4 is 17.7 Å². The van der Waals surface area contributed by atoms with Crippen LogP contribution in [0.5, 0.6) is 0 Å². The van der Waals surface area contributed by atoms with E-state index in [1.54, 1.807) is 38.7 Å². The number of rotatable bonds is 2. The van der Waals surface area contributed by atoms with Gasteiger partial charge in [-0.25, -0.2) is 14.0 Å². The van der Waals surface area contributed by atoms with Crippen LogP contribution < -0.4 is 4.90 Å². The molecular formula is C17H23FN2O4. The Morgan fingerprint density at radius 2 is 1.96 bits per heavy atom. The first-order valence-corrected chi connectivity index (χ1v) is 7.82. The second kappa shape index (κ2) is 6.67. The lowest BCUT2D eigenvalue weighted by molar-refractivity contribution is -0.139. The summed E-state index contributed by atoms with van der Waals surface area (Å²) in [6, 6.07) is 3.34. The third-order valence-electron chi connectivity index (χ3n) is 3.79. The van der Waals surface area contributed by atoms with Gasteiger partial charge in [0, 0.05) is 18.8 Å². The van der Waals surface area contributed by atoms with E-state index >= 15 is 0 Å². The van der Waals surface area contributed by atoms with Gasteiger partial charge in [-0.2, -0.15) is 0 Å². The van der Waals surface area contributed by atoms with Crippen LogP contribution in [0.25, 0.3) is 0 Å². The van der Waals surface area contributed by atoms with E-state index in [0.29, 0.717) is 24.3 Å². The van der Waals surface area contributed by atoms with E-state index in [4.69, 9.17) is 4.74 Å². The molecule has 1 saturated heterocycles. The highest BCUT2D eigenvalue weighted by Crippen LogP contribution is 2.26. The van der Waals surface area contributed by atoms with E-state index in [2.05, 4.69) is 0 Å². The molecule has 7 heteroatoms. The highest BCUT2D eigenvalue weighted by Gasteiger charge is 2.36. The normalized spacial score (nSPS) is 18.5. The molecule has 1 aliphatic rings. The van der Waals surface area contributed by atoms with Crippen LogP contribution in [0.2, 0.25) is 0 Å². The summed E-state index contributed by atoms with van der Waals surface area (Å²) in [6.07, 6.45) is -0.524. The minimum absolute atomic E-state index is 0.0149. The number of nitrogens with zero attached hydrogens (tertiary/aromatic N) is 2. The van der Waals surface area contributed by atoms with Gasteiger partial charge in [-0.1, -0.05) is 0 Å². The fourth-order valence-corrected chi connectivity index (χ4v) is 2.72. The van der Waals surface area contributed by atoms with Crippen LogP contribution in [-0.4, -0.2) is 53.3 Å². The molecule has 0 bridgehead atoms. The zero-order chi connectivity index (χ0) is 18.1. The number of carboxylic acids is 1. The van der Waals surface area contributed by atoms with E-state index in [1.165, 1.54) is 17.0 Å². The van der Waals surface area contributed by atoms with Crippen LogP contribution in [-0.2, 0) is 9.53 Å². The van der Waals surface area contributed by atoms with E-state index < -0.39 is 23.7 Å². The summed E-state index contributed by atoms with van der Waals surface area (Å²) in [7, 11) is 0. The molecule has 24 heavy (non-hydrogen) atoms. The summed E-state index contributed by atoms with van der Waals surface area (Å²) in [4.78, 5) is 26.9. The van der Waals surface area contributed by atoms with E-state index in [-0.39, 0.29) is 12.4 Å². The van der Waals surface area contributed by atoms with Gasteiger partial charge < -0.3 is 19.6 Å². The second-order valence-corrected chi connectivity index (χ2v) is 6.90. The first kappa shape index (κ1) is 18.0. The maximum atomic E-state index is 13.3. The molecule has 1 amide bonds. The van der Waals surface area contributed by atoms with Gasteiger partial charge in [-0.05, 0) is 51.5 Å². The molecule has 1 aromatic carbocycles. The monoisotopic (exact) mass is 338 g/mol. The molecule has 0 aromatic heterocycles. The smallest absolute Gasteiger partial charge is 0.410 e. The average Bonchev–Trinajstić information content (AvgIpc) is 2.45. The molecular weight excluding hydrogens is 315 g/mol. The van der Waals surface area contributed by atoms with Crippen LogP contribution in [0.4, 0.5) is 14.9 Å². The largest absolute Gasteiger partial charge is 0.480 e. The first-order chi connectivity index (χ1) is 11.1. The molecule has 1 aliphatic heterocycles. The number of hydrogen-bond donors (Lipinski definition) is 1. The molecule has 1 aromatic rings.